The molecule has 0 aromatic heterocycles. The monoisotopic (exact) mass is 219 g/mol. The first-order valence-electron chi connectivity index (χ1n) is 6.03. The first-order valence-corrected chi connectivity index (χ1v) is 6.03. The van der Waals surface area contributed by atoms with E-state index >= 15 is 0 Å². The van der Waals surface area contributed by atoms with E-state index in [-0.39, 0.29) is 5.54 Å². The molecule has 0 saturated carbocycles. The van der Waals surface area contributed by atoms with Crippen molar-refractivity contribution in [2.75, 3.05) is 13.2 Å². The first kappa shape index (κ1) is 11.5. The third-order valence-corrected chi connectivity index (χ3v) is 2.96. The molecule has 1 aromatic carbocycles. The average Bonchev–Trinajstić information content (AvgIpc) is 2.25. The minimum absolute atomic E-state index is 0.188. The second-order valence-corrected chi connectivity index (χ2v) is 5.50. The molecule has 88 valence electrons. The number of nitrogens with one attached hydrogen (secondary N) is 1. The van der Waals surface area contributed by atoms with Gasteiger partial charge in [-0.25, -0.2) is 0 Å². The minimum Gasteiger partial charge on any atom is -0.493 e. The van der Waals surface area contributed by atoms with Crippen LogP contribution in [0.15, 0.2) is 24.3 Å². The first-order chi connectivity index (χ1) is 7.56. The fourth-order valence-electron chi connectivity index (χ4n) is 2.06. The second kappa shape index (κ2) is 4.46. The van der Waals surface area contributed by atoms with Crippen LogP contribution in [0.2, 0.25) is 0 Å². The van der Waals surface area contributed by atoms with Crippen molar-refractivity contribution < 1.29 is 4.74 Å². The Labute approximate surface area is 98.0 Å². The summed E-state index contributed by atoms with van der Waals surface area (Å²) in [6.45, 7) is 8.49. The van der Waals surface area contributed by atoms with Crippen LogP contribution in [0.4, 0.5) is 0 Å². The summed E-state index contributed by atoms with van der Waals surface area (Å²) in [6, 6.07) is 8.39. The summed E-state index contributed by atoms with van der Waals surface area (Å²) in [4.78, 5) is 0. The van der Waals surface area contributed by atoms with Crippen LogP contribution in [0.5, 0.6) is 5.75 Å². The number of ether oxygens (including phenoxy) is 1. The Hall–Kier alpha value is -1.02. The standard InChI is InChI=1S/C14H21NO/c1-14(2,3)15-10-11-8-9-16-13-7-5-4-6-12(11)13/h4-7,11,15H,8-10H2,1-3H3. The molecule has 0 saturated heterocycles. The van der Waals surface area contributed by atoms with Crippen molar-refractivity contribution in [2.45, 2.75) is 38.6 Å². The van der Waals surface area contributed by atoms with E-state index in [0.717, 1.165) is 25.3 Å². The quantitative estimate of drug-likeness (QED) is 0.825. The average molecular weight is 219 g/mol. The van der Waals surface area contributed by atoms with Crippen LogP contribution in [-0.2, 0) is 0 Å². The number of para-hydroxylation sites is 1. The summed E-state index contributed by atoms with van der Waals surface area (Å²) in [5.74, 6) is 1.65. The van der Waals surface area contributed by atoms with E-state index in [1.54, 1.807) is 0 Å². The van der Waals surface area contributed by atoms with Crippen LogP contribution in [-0.4, -0.2) is 18.7 Å². The van der Waals surface area contributed by atoms with E-state index in [4.69, 9.17) is 4.74 Å². The van der Waals surface area contributed by atoms with E-state index in [1.807, 2.05) is 6.07 Å². The Balaban J connectivity index is 2.07. The van der Waals surface area contributed by atoms with E-state index in [2.05, 4.69) is 44.3 Å². The Bertz CT molecular complexity index is 354. The van der Waals surface area contributed by atoms with Gasteiger partial charge in [-0.2, -0.15) is 0 Å². The third-order valence-electron chi connectivity index (χ3n) is 2.96. The van der Waals surface area contributed by atoms with Gasteiger partial charge in [-0.1, -0.05) is 18.2 Å². The molecule has 0 spiro atoms. The number of hydrogen-bond acceptors (Lipinski definition) is 2. The minimum atomic E-state index is 0.188. The molecule has 1 atom stereocenters. The highest BCUT2D eigenvalue weighted by Gasteiger charge is 2.22. The summed E-state index contributed by atoms with van der Waals surface area (Å²) in [5.41, 5.74) is 1.54. The molecule has 0 amide bonds. The molecular formula is C14H21NO. The molecule has 0 radical (unpaired) electrons. The number of hydrogen-bond donors (Lipinski definition) is 1. The van der Waals surface area contributed by atoms with Gasteiger partial charge >= 0.3 is 0 Å². The lowest BCUT2D eigenvalue weighted by Gasteiger charge is -2.29. The van der Waals surface area contributed by atoms with Gasteiger partial charge in [0, 0.05) is 18.0 Å². The molecule has 0 aliphatic carbocycles. The highest BCUT2D eigenvalue weighted by atomic mass is 16.5. The predicted molar refractivity (Wildman–Crippen MR) is 67.1 cm³/mol. The molecule has 16 heavy (non-hydrogen) atoms. The molecule has 1 aliphatic rings. The lowest BCUT2D eigenvalue weighted by atomic mass is 9.92. The van der Waals surface area contributed by atoms with E-state index in [1.165, 1.54) is 5.56 Å². The maximum atomic E-state index is 5.66. The summed E-state index contributed by atoms with van der Waals surface area (Å²) < 4.78 is 5.66. The zero-order valence-electron chi connectivity index (χ0n) is 10.4. The highest BCUT2D eigenvalue weighted by Crippen LogP contribution is 2.32. The van der Waals surface area contributed by atoms with Crippen molar-refractivity contribution in [1.82, 2.24) is 5.32 Å². The Kier molecular flexibility index (Phi) is 3.20. The van der Waals surface area contributed by atoms with Crippen LogP contribution in [0.3, 0.4) is 0 Å². The second-order valence-electron chi connectivity index (χ2n) is 5.50. The predicted octanol–water partition coefficient (Wildman–Crippen LogP) is 2.94. The highest BCUT2D eigenvalue weighted by molar-refractivity contribution is 5.37. The van der Waals surface area contributed by atoms with Crippen molar-refractivity contribution in [3.8, 4) is 5.75 Å². The number of benzene rings is 1. The van der Waals surface area contributed by atoms with Crippen LogP contribution in [0.25, 0.3) is 0 Å². The van der Waals surface area contributed by atoms with Gasteiger partial charge in [0.2, 0.25) is 0 Å². The summed E-state index contributed by atoms with van der Waals surface area (Å²) in [6.07, 6.45) is 1.11. The fourth-order valence-corrected chi connectivity index (χ4v) is 2.06. The van der Waals surface area contributed by atoms with E-state index < -0.39 is 0 Å². The Morgan fingerprint density at radius 1 is 1.31 bits per heavy atom. The SMILES string of the molecule is CC(C)(C)NCC1CCOc2ccccc21. The van der Waals surface area contributed by atoms with Gasteiger partial charge in [-0.3, -0.25) is 0 Å². The summed E-state index contributed by atoms with van der Waals surface area (Å²) in [7, 11) is 0. The molecule has 2 nitrogen and oxygen atoms in total. The molecule has 1 aromatic rings. The van der Waals surface area contributed by atoms with Gasteiger partial charge in [-0.15, -0.1) is 0 Å². The maximum absolute atomic E-state index is 5.66. The van der Waals surface area contributed by atoms with Crippen LogP contribution >= 0.6 is 0 Å². The van der Waals surface area contributed by atoms with Crippen molar-refractivity contribution in [3.05, 3.63) is 29.8 Å². The number of fused-ring (bicyclic) bond motifs is 1. The molecular weight excluding hydrogens is 198 g/mol. The number of rotatable bonds is 2. The molecule has 1 aliphatic heterocycles. The van der Waals surface area contributed by atoms with Crippen molar-refractivity contribution in [2.24, 2.45) is 0 Å². The lowest BCUT2D eigenvalue weighted by Crippen LogP contribution is -2.39. The van der Waals surface area contributed by atoms with Gasteiger partial charge in [-0.05, 0) is 38.8 Å². The molecule has 1 N–H and O–H groups in total. The van der Waals surface area contributed by atoms with Gasteiger partial charge in [0.25, 0.3) is 0 Å². The van der Waals surface area contributed by atoms with Crippen molar-refractivity contribution in [1.29, 1.82) is 0 Å². The Morgan fingerprint density at radius 3 is 2.81 bits per heavy atom. The Morgan fingerprint density at radius 2 is 2.06 bits per heavy atom. The largest absolute Gasteiger partial charge is 0.493 e. The van der Waals surface area contributed by atoms with Gasteiger partial charge in [0.15, 0.2) is 0 Å². The zero-order valence-corrected chi connectivity index (χ0v) is 10.4. The molecule has 0 fully saturated rings. The van der Waals surface area contributed by atoms with Crippen LogP contribution in [0, 0.1) is 0 Å². The van der Waals surface area contributed by atoms with Crippen molar-refractivity contribution >= 4 is 0 Å². The lowest BCUT2D eigenvalue weighted by molar-refractivity contribution is 0.258. The zero-order chi connectivity index (χ0) is 11.6. The molecule has 2 rings (SSSR count). The maximum Gasteiger partial charge on any atom is 0.122 e. The molecule has 2 heteroatoms. The normalized spacial score (nSPS) is 20.1. The van der Waals surface area contributed by atoms with Gasteiger partial charge in [0.1, 0.15) is 5.75 Å². The topological polar surface area (TPSA) is 21.3 Å². The summed E-state index contributed by atoms with van der Waals surface area (Å²) >= 11 is 0. The fraction of sp³-hybridized carbons (Fsp3) is 0.571. The van der Waals surface area contributed by atoms with Gasteiger partial charge in [0.05, 0.1) is 6.61 Å². The summed E-state index contributed by atoms with van der Waals surface area (Å²) in [5, 5.41) is 3.58. The smallest absolute Gasteiger partial charge is 0.122 e. The molecule has 0 bridgehead atoms. The van der Waals surface area contributed by atoms with Crippen molar-refractivity contribution in [3.63, 3.8) is 0 Å². The molecule has 1 heterocycles. The van der Waals surface area contributed by atoms with Crippen LogP contribution in [0.1, 0.15) is 38.7 Å². The van der Waals surface area contributed by atoms with E-state index in [0.29, 0.717) is 5.92 Å². The van der Waals surface area contributed by atoms with E-state index in [9.17, 15) is 0 Å². The van der Waals surface area contributed by atoms with Crippen LogP contribution < -0.4 is 10.1 Å². The third kappa shape index (κ3) is 2.76. The molecule has 1 unspecified atom stereocenters. The van der Waals surface area contributed by atoms with Gasteiger partial charge < -0.3 is 10.1 Å².